The predicted molar refractivity (Wildman–Crippen MR) is 93.7 cm³/mol. The van der Waals surface area contributed by atoms with Gasteiger partial charge in [-0.1, -0.05) is 56.3 Å². The second-order valence-corrected chi connectivity index (χ2v) is 7.94. The van der Waals surface area contributed by atoms with Crippen molar-refractivity contribution < 1.29 is 14.0 Å². The largest absolute Gasteiger partial charge is 0.423 e. The molecule has 0 saturated heterocycles. The van der Waals surface area contributed by atoms with Crippen LogP contribution in [0, 0.1) is 0 Å². The van der Waals surface area contributed by atoms with Gasteiger partial charge in [0.25, 0.3) is 0 Å². The second-order valence-electron chi connectivity index (χ2n) is 5.97. The number of hydrogen-bond acceptors (Lipinski definition) is 3. The van der Waals surface area contributed by atoms with Crippen molar-refractivity contribution in [3.63, 3.8) is 0 Å². The van der Waals surface area contributed by atoms with Gasteiger partial charge in [-0.2, -0.15) is 0 Å². The van der Waals surface area contributed by atoms with Crippen LogP contribution in [0.25, 0.3) is 0 Å². The number of nitrogens with two attached hydrogens (primary N) is 1. The Hall–Kier alpha value is -1.61. The minimum atomic E-state index is -3.90. The van der Waals surface area contributed by atoms with Crippen LogP contribution in [-0.2, 0) is 11.0 Å². The summed E-state index contributed by atoms with van der Waals surface area (Å²) in [4.78, 5) is 10.1. The van der Waals surface area contributed by atoms with E-state index in [0.717, 1.165) is 11.1 Å². The Balaban J connectivity index is 1.95. The van der Waals surface area contributed by atoms with E-state index in [-0.39, 0.29) is 0 Å². The summed E-state index contributed by atoms with van der Waals surface area (Å²) in [6.45, 7) is 4.18. The zero-order valence-corrected chi connectivity index (χ0v) is 14.4. The van der Waals surface area contributed by atoms with E-state index in [1.165, 1.54) is 0 Å². The zero-order chi connectivity index (χ0) is 16.9. The maximum Gasteiger partial charge on any atom is 0.393 e. The molecule has 0 bridgehead atoms. The van der Waals surface area contributed by atoms with Crippen molar-refractivity contribution in [3.8, 4) is 5.75 Å². The van der Waals surface area contributed by atoms with Gasteiger partial charge in [0.15, 0.2) is 0 Å². The van der Waals surface area contributed by atoms with Crippen molar-refractivity contribution in [2.75, 3.05) is 0 Å². The lowest BCUT2D eigenvalue weighted by atomic mass is 10.0. The molecular formula is C18H24NO3P. The fourth-order valence-corrected chi connectivity index (χ4v) is 3.27. The van der Waals surface area contributed by atoms with Crippen molar-refractivity contribution in [1.29, 1.82) is 0 Å². The number of rotatable bonds is 7. The summed E-state index contributed by atoms with van der Waals surface area (Å²) >= 11 is 0. The lowest BCUT2D eigenvalue weighted by Gasteiger charge is -2.20. The average molecular weight is 333 g/mol. The SMILES string of the molecule is CC(C)c1ccc(OP(=O)(O)C(N)CCc2ccccc2)cc1. The molecule has 3 N–H and O–H groups in total. The average Bonchev–Trinajstić information content (AvgIpc) is 2.53. The fourth-order valence-electron chi connectivity index (χ4n) is 2.25. The van der Waals surface area contributed by atoms with Gasteiger partial charge in [0.05, 0.1) is 0 Å². The Morgan fingerprint density at radius 3 is 2.26 bits per heavy atom. The van der Waals surface area contributed by atoms with Gasteiger partial charge in [-0.15, -0.1) is 0 Å². The molecule has 23 heavy (non-hydrogen) atoms. The van der Waals surface area contributed by atoms with Crippen molar-refractivity contribution in [1.82, 2.24) is 0 Å². The molecule has 0 fully saturated rings. The minimum absolute atomic E-state index is 0.371. The van der Waals surface area contributed by atoms with Gasteiger partial charge in [0.2, 0.25) is 0 Å². The molecule has 2 atom stereocenters. The molecule has 0 heterocycles. The van der Waals surface area contributed by atoms with E-state index >= 15 is 0 Å². The first-order valence-electron chi connectivity index (χ1n) is 7.80. The molecule has 4 nitrogen and oxygen atoms in total. The molecular weight excluding hydrogens is 309 g/mol. The highest BCUT2D eigenvalue weighted by Gasteiger charge is 2.30. The topological polar surface area (TPSA) is 72.5 Å². The summed E-state index contributed by atoms with van der Waals surface area (Å²) in [6.07, 6.45) is 1.03. The Bertz CT molecular complexity index is 656. The summed E-state index contributed by atoms with van der Waals surface area (Å²) in [5, 5.41) is 0. The summed E-state index contributed by atoms with van der Waals surface area (Å²) in [5.74, 6) is -0.138. The molecule has 0 aliphatic carbocycles. The molecule has 2 unspecified atom stereocenters. The summed E-state index contributed by atoms with van der Waals surface area (Å²) in [7, 11) is -3.90. The van der Waals surface area contributed by atoms with Gasteiger partial charge in [-0.3, -0.25) is 0 Å². The van der Waals surface area contributed by atoms with Crippen molar-refractivity contribution >= 4 is 7.60 Å². The normalized spacial score (nSPS) is 15.2. The Morgan fingerprint density at radius 1 is 1.09 bits per heavy atom. The van der Waals surface area contributed by atoms with Crippen molar-refractivity contribution in [3.05, 3.63) is 65.7 Å². The van der Waals surface area contributed by atoms with E-state index in [2.05, 4.69) is 13.8 Å². The highest BCUT2D eigenvalue weighted by Crippen LogP contribution is 2.47. The zero-order valence-electron chi connectivity index (χ0n) is 13.6. The van der Waals surface area contributed by atoms with E-state index in [4.69, 9.17) is 10.3 Å². The van der Waals surface area contributed by atoms with Crippen LogP contribution in [-0.4, -0.2) is 10.7 Å². The number of aryl methyl sites for hydroxylation is 1. The third kappa shape index (κ3) is 5.21. The van der Waals surface area contributed by atoms with Gasteiger partial charge >= 0.3 is 7.60 Å². The van der Waals surface area contributed by atoms with E-state index in [1.807, 2.05) is 42.5 Å². The molecule has 2 aromatic carbocycles. The van der Waals surface area contributed by atoms with Crippen LogP contribution in [0.1, 0.15) is 37.3 Å². The predicted octanol–water partition coefficient (Wildman–Crippen LogP) is 4.29. The molecule has 0 aromatic heterocycles. The molecule has 124 valence electrons. The van der Waals surface area contributed by atoms with E-state index < -0.39 is 13.4 Å². The molecule has 0 amide bonds. The number of benzene rings is 2. The van der Waals surface area contributed by atoms with Crippen molar-refractivity contribution in [2.45, 2.75) is 38.4 Å². The first-order chi connectivity index (χ1) is 10.9. The molecule has 0 spiro atoms. The van der Waals surface area contributed by atoms with Gasteiger partial charge in [0, 0.05) is 0 Å². The third-order valence-corrected chi connectivity index (χ3v) is 5.34. The summed E-state index contributed by atoms with van der Waals surface area (Å²) in [5.41, 5.74) is 8.13. The van der Waals surface area contributed by atoms with Crippen LogP contribution in [0.3, 0.4) is 0 Å². The second kappa shape index (κ2) is 7.78. The van der Waals surface area contributed by atoms with E-state index in [0.29, 0.717) is 24.5 Å². The van der Waals surface area contributed by atoms with Crippen molar-refractivity contribution in [2.24, 2.45) is 5.73 Å². The van der Waals surface area contributed by atoms with E-state index in [1.54, 1.807) is 12.1 Å². The Morgan fingerprint density at radius 2 is 1.70 bits per heavy atom. The number of hydrogen-bond donors (Lipinski definition) is 2. The monoisotopic (exact) mass is 333 g/mol. The van der Waals surface area contributed by atoms with E-state index in [9.17, 15) is 9.46 Å². The lowest BCUT2D eigenvalue weighted by Crippen LogP contribution is -2.23. The van der Waals surface area contributed by atoms with Crippen LogP contribution in [0.5, 0.6) is 5.75 Å². The Kier molecular flexibility index (Phi) is 6.00. The molecule has 2 rings (SSSR count). The first-order valence-corrected chi connectivity index (χ1v) is 9.44. The molecule has 0 aliphatic heterocycles. The molecule has 0 radical (unpaired) electrons. The third-order valence-electron chi connectivity index (χ3n) is 3.77. The highest BCUT2D eigenvalue weighted by molar-refractivity contribution is 7.53. The van der Waals surface area contributed by atoms with Crippen LogP contribution in [0.4, 0.5) is 0 Å². The van der Waals surface area contributed by atoms with Crippen LogP contribution >= 0.6 is 7.60 Å². The molecule has 5 heteroatoms. The first kappa shape index (κ1) is 17.7. The summed E-state index contributed by atoms with van der Waals surface area (Å²) < 4.78 is 17.6. The standard InChI is InChI=1S/C18H24NO3P/c1-14(2)16-9-11-17(12-10-16)22-23(20,21)18(19)13-8-15-6-4-3-5-7-15/h3-7,9-12,14,18H,8,13,19H2,1-2H3,(H,20,21). The lowest BCUT2D eigenvalue weighted by molar-refractivity contribution is 0.362. The molecule has 0 saturated carbocycles. The van der Waals surface area contributed by atoms with Crippen LogP contribution in [0.2, 0.25) is 0 Å². The smallest absolute Gasteiger partial charge is 0.393 e. The van der Waals surface area contributed by atoms with Gasteiger partial charge in [-0.25, -0.2) is 4.57 Å². The van der Waals surface area contributed by atoms with Gasteiger partial charge in [-0.05, 0) is 42.0 Å². The Labute approximate surface area is 137 Å². The quantitative estimate of drug-likeness (QED) is 0.741. The summed E-state index contributed by atoms with van der Waals surface area (Å²) in [6, 6.07) is 17.0. The minimum Gasteiger partial charge on any atom is -0.423 e. The van der Waals surface area contributed by atoms with Crippen LogP contribution < -0.4 is 10.3 Å². The maximum absolute atomic E-state index is 12.3. The maximum atomic E-state index is 12.3. The fraction of sp³-hybridized carbons (Fsp3) is 0.333. The van der Waals surface area contributed by atoms with Crippen LogP contribution in [0.15, 0.2) is 54.6 Å². The molecule has 0 aliphatic rings. The molecule has 2 aromatic rings. The van der Waals surface area contributed by atoms with Gasteiger partial charge in [0.1, 0.15) is 11.5 Å². The van der Waals surface area contributed by atoms with Gasteiger partial charge < -0.3 is 15.2 Å². The highest BCUT2D eigenvalue weighted by atomic mass is 31.2.